The summed E-state index contributed by atoms with van der Waals surface area (Å²) >= 11 is 0. The van der Waals surface area contributed by atoms with Gasteiger partial charge in [0.15, 0.2) is 11.5 Å². The predicted octanol–water partition coefficient (Wildman–Crippen LogP) is 3.89. The Morgan fingerprint density at radius 2 is 1.53 bits per heavy atom. The second kappa shape index (κ2) is 10.1. The summed E-state index contributed by atoms with van der Waals surface area (Å²) in [5.41, 5.74) is 4.80. The first kappa shape index (κ1) is 24.5. The van der Waals surface area contributed by atoms with E-state index in [1.54, 1.807) is 14.2 Å². The van der Waals surface area contributed by atoms with Crippen LogP contribution in [0.4, 0.5) is 0 Å². The molecule has 3 aliphatic heterocycles. The molecule has 7 heteroatoms. The molecule has 0 saturated carbocycles. The van der Waals surface area contributed by atoms with E-state index in [1.165, 1.54) is 5.56 Å². The normalized spacial score (nSPS) is 20.8. The van der Waals surface area contributed by atoms with Crippen LogP contribution in [0.5, 0.6) is 11.5 Å². The van der Waals surface area contributed by atoms with Crippen LogP contribution in [0.1, 0.15) is 44.6 Å². The lowest BCUT2D eigenvalue weighted by Crippen LogP contribution is -2.54. The van der Waals surface area contributed by atoms with Crippen molar-refractivity contribution in [1.82, 2.24) is 14.7 Å². The number of rotatable bonds is 5. The van der Waals surface area contributed by atoms with Gasteiger partial charge >= 0.3 is 0 Å². The van der Waals surface area contributed by atoms with Gasteiger partial charge in [0, 0.05) is 44.8 Å². The molecule has 0 bridgehead atoms. The first-order chi connectivity index (χ1) is 18.6. The molecule has 0 spiro atoms. The summed E-state index contributed by atoms with van der Waals surface area (Å²) in [5, 5.41) is 0. The van der Waals surface area contributed by atoms with Crippen molar-refractivity contribution in [3.05, 3.63) is 94.5 Å². The van der Waals surface area contributed by atoms with Crippen molar-refractivity contribution in [3.63, 3.8) is 0 Å². The van der Waals surface area contributed by atoms with Gasteiger partial charge in [0.2, 0.25) is 5.91 Å². The summed E-state index contributed by atoms with van der Waals surface area (Å²) < 4.78 is 11.2. The molecule has 38 heavy (non-hydrogen) atoms. The van der Waals surface area contributed by atoms with Gasteiger partial charge in [-0.3, -0.25) is 14.5 Å². The molecule has 1 saturated heterocycles. The van der Waals surface area contributed by atoms with Crippen molar-refractivity contribution in [1.29, 1.82) is 0 Å². The van der Waals surface area contributed by atoms with Gasteiger partial charge in [-0.1, -0.05) is 48.5 Å². The molecule has 7 nitrogen and oxygen atoms in total. The Balaban J connectivity index is 1.33. The minimum atomic E-state index is -0.471. The fourth-order valence-electron chi connectivity index (χ4n) is 6.28. The van der Waals surface area contributed by atoms with E-state index in [4.69, 9.17) is 9.47 Å². The number of methoxy groups -OCH3 is 2. The molecule has 3 aromatic carbocycles. The second-order valence-electron chi connectivity index (χ2n) is 10.3. The van der Waals surface area contributed by atoms with Gasteiger partial charge in [-0.2, -0.15) is 0 Å². The summed E-state index contributed by atoms with van der Waals surface area (Å²) in [7, 11) is 3.24. The highest BCUT2D eigenvalue weighted by atomic mass is 16.5. The first-order valence-corrected chi connectivity index (χ1v) is 13.3. The Bertz CT molecular complexity index is 1350. The molecule has 0 N–H and O–H groups in total. The van der Waals surface area contributed by atoms with Gasteiger partial charge < -0.3 is 19.3 Å². The molecule has 0 radical (unpaired) electrons. The summed E-state index contributed by atoms with van der Waals surface area (Å²) in [6.07, 6.45) is 0.708. The maximum absolute atomic E-state index is 14.3. The minimum absolute atomic E-state index is 0.0113. The number of carbonyl (C=O) groups excluding carboxylic acids is 2. The lowest BCUT2D eigenvalue weighted by atomic mass is 9.75. The van der Waals surface area contributed by atoms with E-state index in [1.807, 2.05) is 52.3 Å². The molecule has 1 fully saturated rings. The summed E-state index contributed by atoms with van der Waals surface area (Å²) in [6, 6.07) is 21.7. The van der Waals surface area contributed by atoms with Crippen molar-refractivity contribution in [2.24, 2.45) is 0 Å². The predicted molar refractivity (Wildman–Crippen MR) is 145 cm³/mol. The average molecular weight is 512 g/mol. The van der Waals surface area contributed by atoms with Crippen LogP contribution in [0, 0.1) is 0 Å². The third kappa shape index (κ3) is 4.21. The highest BCUT2D eigenvalue weighted by Crippen LogP contribution is 2.48. The van der Waals surface area contributed by atoms with Crippen molar-refractivity contribution >= 4 is 11.8 Å². The molecule has 3 aliphatic rings. The van der Waals surface area contributed by atoms with E-state index >= 15 is 0 Å². The topological polar surface area (TPSA) is 62.3 Å². The Morgan fingerprint density at radius 3 is 2.26 bits per heavy atom. The van der Waals surface area contributed by atoms with E-state index in [-0.39, 0.29) is 17.9 Å². The SMILES string of the molecule is COc1cc2c(cc1OC)C1C(C(=O)N3CCN(Cc4ccccc4)CC3)c3ccccc3C(=O)N1CC2. The molecule has 2 atom stereocenters. The molecule has 3 aromatic rings. The van der Waals surface area contributed by atoms with Gasteiger partial charge in [0.05, 0.1) is 26.2 Å². The third-order valence-corrected chi connectivity index (χ3v) is 8.22. The maximum Gasteiger partial charge on any atom is 0.254 e. The van der Waals surface area contributed by atoms with Crippen LogP contribution in [0.15, 0.2) is 66.7 Å². The minimum Gasteiger partial charge on any atom is -0.493 e. The van der Waals surface area contributed by atoms with Crippen LogP contribution in [0.25, 0.3) is 0 Å². The third-order valence-electron chi connectivity index (χ3n) is 8.22. The standard InChI is InChI=1S/C31H33N3O4/c1-37-26-18-22-12-13-34-29(25(22)19-27(26)38-2)28(23-10-6-7-11-24(23)30(34)35)31(36)33-16-14-32(15-17-33)20-21-8-4-3-5-9-21/h3-11,18-19,28-29H,12-17,20H2,1-2H3. The van der Waals surface area contributed by atoms with E-state index in [9.17, 15) is 9.59 Å². The van der Waals surface area contributed by atoms with E-state index < -0.39 is 5.92 Å². The lowest BCUT2D eigenvalue weighted by molar-refractivity contribution is -0.136. The molecule has 2 amide bonds. The Kier molecular flexibility index (Phi) is 6.54. The van der Waals surface area contributed by atoms with Gasteiger partial charge in [-0.25, -0.2) is 0 Å². The fourth-order valence-corrected chi connectivity index (χ4v) is 6.28. The Hall–Kier alpha value is -3.84. The van der Waals surface area contributed by atoms with Crippen LogP contribution in [-0.2, 0) is 17.8 Å². The number of hydrogen-bond acceptors (Lipinski definition) is 5. The van der Waals surface area contributed by atoms with Crippen LogP contribution in [-0.4, -0.2) is 73.5 Å². The highest BCUT2D eigenvalue weighted by Gasteiger charge is 2.48. The van der Waals surface area contributed by atoms with Crippen LogP contribution < -0.4 is 9.47 Å². The molecular weight excluding hydrogens is 478 g/mol. The van der Waals surface area contributed by atoms with Gasteiger partial charge in [0.25, 0.3) is 5.91 Å². The van der Waals surface area contributed by atoms with Crippen LogP contribution in [0.3, 0.4) is 0 Å². The zero-order chi connectivity index (χ0) is 26.2. The summed E-state index contributed by atoms with van der Waals surface area (Å²) in [5.74, 6) is 0.881. The molecule has 2 unspecified atom stereocenters. The number of piperazine rings is 1. The highest BCUT2D eigenvalue weighted by molar-refractivity contribution is 6.01. The Morgan fingerprint density at radius 1 is 0.842 bits per heavy atom. The van der Waals surface area contributed by atoms with Gasteiger partial charge in [-0.05, 0) is 46.9 Å². The maximum atomic E-state index is 14.3. The second-order valence-corrected chi connectivity index (χ2v) is 10.3. The Labute approximate surface area is 223 Å². The quantitative estimate of drug-likeness (QED) is 0.520. The number of fused-ring (bicyclic) bond motifs is 4. The molecule has 0 aromatic heterocycles. The zero-order valence-electron chi connectivity index (χ0n) is 21.9. The molecule has 196 valence electrons. The smallest absolute Gasteiger partial charge is 0.254 e. The molecule has 6 rings (SSSR count). The monoisotopic (exact) mass is 511 g/mol. The fraction of sp³-hybridized carbons (Fsp3) is 0.355. The number of amides is 2. The van der Waals surface area contributed by atoms with E-state index in [2.05, 4.69) is 29.2 Å². The van der Waals surface area contributed by atoms with E-state index in [0.29, 0.717) is 43.1 Å². The van der Waals surface area contributed by atoms with Crippen molar-refractivity contribution in [2.45, 2.75) is 24.9 Å². The van der Waals surface area contributed by atoms with Crippen molar-refractivity contribution in [2.75, 3.05) is 46.9 Å². The number of ether oxygens (including phenoxy) is 2. The number of hydrogen-bond donors (Lipinski definition) is 0. The molecule has 3 heterocycles. The van der Waals surface area contributed by atoms with Crippen LogP contribution in [0.2, 0.25) is 0 Å². The summed E-state index contributed by atoms with van der Waals surface area (Å²) in [6.45, 7) is 4.44. The number of carbonyl (C=O) groups is 2. The number of benzene rings is 3. The largest absolute Gasteiger partial charge is 0.493 e. The van der Waals surface area contributed by atoms with Crippen LogP contribution >= 0.6 is 0 Å². The average Bonchev–Trinajstić information content (AvgIpc) is 2.97. The van der Waals surface area contributed by atoms with Crippen molar-refractivity contribution in [3.8, 4) is 11.5 Å². The lowest BCUT2D eigenvalue weighted by Gasteiger charge is -2.47. The van der Waals surface area contributed by atoms with E-state index in [0.717, 1.165) is 36.3 Å². The van der Waals surface area contributed by atoms with Crippen molar-refractivity contribution < 1.29 is 19.1 Å². The van der Waals surface area contributed by atoms with Gasteiger partial charge in [-0.15, -0.1) is 0 Å². The number of nitrogens with zero attached hydrogens (tertiary/aromatic N) is 3. The van der Waals surface area contributed by atoms with Gasteiger partial charge in [0.1, 0.15) is 0 Å². The molecular formula is C31H33N3O4. The zero-order valence-corrected chi connectivity index (χ0v) is 21.9. The first-order valence-electron chi connectivity index (χ1n) is 13.3. The molecule has 0 aliphatic carbocycles. The summed E-state index contributed by atoms with van der Waals surface area (Å²) in [4.78, 5) is 34.3.